The highest BCUT2D eigenvalue weighted by Crippen LogP contribution is 2.39. The molecule has 4 amide bonds. The normalized spacial score (nSPS) is 16.2. The molecule has 1 unspecified atom stereocenters. The molecular weight excluding hydrogens is 786 g/mol. The van der Waals surface area contributed by atoms with Gasteiger partial charge in [-0.05, 0) is 94.5 Å². The zero-order valence-corrected chi connectivity index (χ0v) is 35.5. The number of carbonyl (C=O) groups excluding carboxylic acids is 4. The summed E-state index contributed by atoms with van der Waals surface area (Å²) in [6, 6.07) is 14.8. The number of hydrogen-bond donors (Lipinski definition) is 4. The molecule has 59 heavy (non-hydrogen) atoms. The summed E-state index contributed by atoms with van der Waals surface area (Å²) in [7, 11) is 0. The van der Waals surface area contributed by atoms with Crippen LogP contribution in [0.4, 0.5) is 5.69 Å². The van der Waals surface area contributed by atoms with Crippen LogP contribution in [0.25, 0.3) is 15.9 Å². The lowest BCUT2D eigenvalue weighted by Gasteiger charge is -2.22. The van der Waals surface area contributed by atoms with Crippen LogP contribution >= 0.6 is 22.9 Å². The van der Waals surface area contributed by atoms with Crippen molar-refractivity contribution in [2.24, 2.45) is 4.99 Å². The Labute approximate surface area is 352 Å². The number of rotatable bonds is 16. The Balaban J connectivity index is 0.807. The summed E-state index contributed by atoms with van der Waals surface area (Å²) in [5.74, 6) is 0.331. The Hall–Kier alpha value is -5.47. The maximum atomic E-state index is 13.3. The first-order chi connectivity index (χ1) is 28.5. The number of fused-ring (bicyclic) bond motifs is 4. The van der Waals surface area contributed by atoms with Crippen molar-refractivity contribution in [3.63, 3.8) is 0 Å². The Bertz CT molecular complexity index is 2420. The van der Waals surface area contributed by atoms with Crippen molar-refractivity contribution in [3.05, 3.63) is 98.0 Å². The number of aliphatic imine (C=N–C) groups is 1. The summed E-state index contributed by atoms with van der Waals surface area (Å²) in [6.07, 6.45) is 6.82. The van der Waals surface area contributed by atoms with Crippen LogP contribution < -0.4 is 21.3 Å². The minimum absolute atomic E-state index is 0.0728. The summed E-state index contributed by atoms with van der Waals surface area (Å²) in [5, 5.41) is 23.1. The molecule has 2 atom stereocenters. The molecule has 0 spiro atoms. The van der Waals surface area contributed by atoms with Crippen LogP contribution in [-0.4, -0.2) is 68.7 Å². The number of unbranched alkanes of at least 4 members (excludes halogenated alkanes) is 5. The van der Waals surface area contributed by atoms with E-state index in [4.69, 9.17) is 16.6 Å². The van der Waals surface area contributed by atoms with Gasteiger partial charge in [-0.25, -0.2) is 0 Å². The van der Waals surface area contributed by atoms with Crippen LogP contribution in [0.1, 0.15) is 114 Å². The first-order valence-corrected chi connectivity index (χ1v) is 21.5. The molecular formula is C44H50ClN9O4S. The third-order valence-electron chi connectivity index (χ3n) is 11.1. The van der Waals surface area contributed by atoms with Crippen molar-refractivity contribution in [1.29, 1.82) is 0 Å². The Kier molecular flexibility index (Phi) is 13.2. The maximum Gasteiger partial charge on any atom is 0.239 e. The van der Waals surface area contributed by atoms with E-state index in [-0.39, 0.29) is 36.6 Å². The number of piperidine rings is 1. The number of anilines is 1. The molecule has 5 aromatic rings. The van der Waals surface area contributed by atoms with Crippen molar-refractivity contribution < 1.29 is 19.2 Å². The van der Waals surface area contributed by atoms with Crippen molar-refractivity contribution in [1.82, 2.24) is 35.7 Å². The summed E-state index contributed by atoms with van der Waals surface area (Å²) in [6.45, 7) is 9.37. The Morgan fingerprint density at radius 2 is 1.61 bits per heavy atom. The molecule has 1 fully saturated rings. The SMILES string of the molecule is Cc1nc2ccc(NCC(=O)NCCCCCCCCNC(=O)C[C@@H]3N=C(c4ccc(Cl)cc4)c4c(sc(C)c4C)-n4c(C)nnc43)cc2cc1C1CCC(=O)NC1=O. The predicted molar refractivity (Wildman–Crippen MR) is 232 cm³/mol. The van der Waals surface area contributed by atoms with Gasteiger partial charge in [-0.1, -0.05) is 49.4 Å². The predicted octanol–water partition coefficient (Wildman–Crippen LogP) is 7.25. The van der Waals surface area contributed by atoms with E-state index in [0.717, 1.165) is 99.6 Å². The zero-order chi connectivity index (χ0) is 41.6. The number of aryl methyl sites for hydroxylation is 3. The van der Waals surface area contributed by atoms with E-state index < -0.39 is 12.0 Å². The van der Waals surface area contributed by atoms with E-state index in [1.165, 1.54) is 4.88 Å². The van der Waals surface area contributed by atoms with Crippen LogP contribution in [0, 0.1) is 27.7 Å². The molecule has 0 aliphatic carbocycles. The number of pyridine rings is 1. The number of hydrogen-bond acceptors (Lipinski definition) is 10. The second-order valence-electron chi connectivity index (χ2n) is 15.4. The minimum atomic E-state index is -0.500. The van der Waals surface area contributed by atoms with Gasteiger partial charge in [0.25, 0.3) is 0 Å². The number of thiophene rings is 1. The fourth-order valence-electron chi connectivity index (χ4n) is 7.78. The summed E-state index contributed by atoms with van der Waals surface area (Å²) >= 11 is 7.92. The largest absolute Gasteiger partial charge is 0.376 e. The first-order valence-electron chi connectivity index (χ1n) is 20.4. The second-order valence-corrected chi connectivity index (χ2v) is 17.0. The van der Waals surface area contributed by atoms with Crippen LogP contribution in [0.5, 0.6) is 0 Å². The molecule has 2 aromatic carbocycles. The van der Waals surface area contributed by atoms with E-state index in [1.807, 2.05) is 62.4 Å². The number of nitrogens with zero attached hydrogens (tertiary/aromatic N) is 5. The third kappa shape index (κ3) is 9.71. The Morgan fingerprint density at radius 3 is 2.34 bits per heavy atom. The smallest absolute Gasteiger partial charge is 0.239 e. The lowest BCUT2D eigenvalue weighted by molar-refractivity contribution is -0.134. The van der Waals surface area contributed by atoms with Crippen LogP contribution in [0.2, 0.25) is 5.02 Å². The molecule has 15 heteroatoms. The van der Waals surface area contributed by atoms with E-state index >= 15 is 0 Å². The van der Waals surface area contributed by atoms with Gasteiger partial charge in [0.1, 0.15) is 16.9 Å². The van der Waals surface area contributed by atoms with Gasteiger partial charge < -0.3 is 16.0 Å². The fourth-order valence-corrected chi connectivity index (χ4v) is 9.12. The number of halogens is 1. The highest BCUT2D eigenvalue weighted by atomic mass is 35.5. The molecule has 2 aliphatic rings. The number of aromatic nitrogens is 4. The van der Waals surface area contributed by atoms with Crippen molar-refractivity contribution in [3.8, 4) is 5.00 Å². The summed E-state index contributed by atoms with van der Waals surface area (Å²) in [5.41, 5.74) is 7.12. The molecule has 0 radical (unpaired) electrons. The van der Waals surface area contributed by atoms with Gasteiger partial charge in [0, 0.05) is 57.3 Å². The standard InChI is InChI=1S/C44H50ClN9O4S/c1-25-27(3)59-44-40(25)41(29-11-13-31(45)14-12-29)50-36(42-53-52-28(4)54(42)44)23-38(56)46-19-9-7-5-6-8-10-20-47-39(57)24-48-32-15-17-35-30(21-32)22-34(26(2)49-35)33-16-18-37(55)51-43(33)58/h11-15,17,21-22,33,36,48H,5-10,16,18-20,23-24H2,1-4H3,(H,46,56)(H,47,57)(H,51,55,58)/t33?,36-/m0/s1. The van der Waals surface area contributed by atoms with Gasteiger partial charge in [0.15, 0.2) is 5.82 Å². The molecule has 1 saturated heterocycles. The number of carbonyl (C=O) groups is 4. The minimum Gasteiger partial charge on any atom is -0.376 e. The Morgan fingerprint density at radius 1 is 0.898 bits per heavy atom. The summed E-state index contributed by atoms with van der Waals surface area (Å²) in [4.78, 5) is 61.0. The van der Waals surface area contributed by atoms with E-state index in [2.05, 4.69) is 54.9 Å². The van der Waals surface area contributed by atoms with Crippen LogP contribution in [0.15, 0.2) is 53.5 Å². The number of imide groups is 1. The van der Waals surface area contributed by atoms with Crippen LogP contribution in [-0.2, 0) is 19.2 Å². The highest BCUT2D eigenvalue weighted by Gasteiger charge is 2.33. The summed E-state index contributed by atoms with van der Waals surface area (Å²) < 4.78 is 2.06. The highest BCUT2D eigenvalue weighted by molar-refractivity contribution is 7.15. The quantitative estimate of drug-likeness (QED) is 0.0595. The molecule has 3 aromatic heterocycles. The molecule has 308 valence electrons. The van der Waals surface area contributed by atoms with Crippen molar-refractivity contribution in [2.75, 3.05) is 25.0 Å². The monoisotopic (exact) mass is 835 g/mol. The molecule has 0 saturated carbocycles. The van der Waals surface area contributed by atoms with Crippen molar-refractivity contribution in [2.45, 2.75) is 97.4 Å². The zero-order valence-electron chi connectivity index (χ0n) is 33.9. The van der Waals surface area contributed by atoms with Gasteiger partial charge in [0.2, 0.25) is 23.6 Å². The van der Waals surface area contributed by atoms with Gasteiger partial charge in [-0.3, -0.25) is 39.0 Å². The van der Waals surface area contributed by atoms with Gasteiger partial charge >= 0.3 is 0 Å². The molecule has 4 N–H and O–H groups in total. The van der Waals surface area contributed by atoms with E-state index in [9.17, 15) is 19.2 Å². The lowest BCUT2D eigenvalue weighted by Crippen LogP contribution is -2.39. The molecule has 7 rings (SSSR count). The van der Waals surface area contributed by atoms with E-state index in [0.29, 0.717) is 36.8 Å². The van der Waals surface area contributed by atoms with Gasteiger partial charge in [-0.15, -0.1) is 21.5 Å². The molecule has 2 aliphatic heterocycles. The third-order valence-corrected chi connectivity index (χ3v) is 12.5. The molecule has 0 bridgehead atoms. The van der Waals surface area contributed by atoms with Gasteiger partial charge in [0.05, 0.1) is 30.1 Å². The average molecular weight is 836 g/mol. The average Bonchev–Trinajstić information content (AvgIpc) is 3.69. The van der Waals surface area contributed by atoms with Crippen LogP contribution in [0.3, 0.4) is 0 Å². The molecule has 5 heterocycles. The lowest BCUT2D eigenvalue weighted by atomic mass is 9.89. The fraction of sp³-hybridized carbons (Fsp3) is 0.409. The topological polar surface area (TPSA) is 172 Å². The number of amides is 4. The van der Waals surface area contributed by atoms with Crippen molar-refractivity contribution >= 4 is 68.9 Å². The maximum absolute atomic E-state index is 13.3. The number of benzene rings is 2. The second kappa shape index (κ2) is 18.6. The van der Waals surface area contributed by atoms with E-state index in [1.54, 1.807) is 11.3 Å². The van der Waals surface area contributed by atoms with Gasteiger partial charge in [-0.2, -0.15) is 0 Å². The number of nitrogens with one attached hydrogen (secondary N) is 4. The first kappa shape index (κ1) is 41.7. The molecule has 13 nitrogen and oxygen atoms in total.